The molecule has 3 aromatic heterocycles. The first-order valence-corrected chi connectivity index (χ1v) is 11.5. The molecule has 33 heavy (non-hydrogen) atoms. The maximum atomic E-state index is 12.3. The van der Waals surface area contributed by atoms with Gasteiger partial charge >= 0.3 is 6.09 Å². The van der Waals surface area contributed by atoms with Crippen molar-refractivity contribution in [3.05, 3.63) is 33.6 Å². The Morgan fingerprint density at radius 1 is 1.30 bits per heavy atom. The van der Waals surface area contributed by atoms with E-state index >= 15 is 0 Å². The summed E-state index contributed by atoms with van der Waals surface area (Å²) >= 11 is 1.46. The van der Waals surface area contributed by atoms with Gasteiger partial charge in [-0.2, -0.15) is 10.5 Å². The number of thiophene rings is 1. The molecule has 1 saturated heterocycles. The summed E-state index contributed by atoms with van der Waals surface area (Å²) < 4.78 is 5.37. The first kappa shape index (κ1) is 21.2. The second-order valence-corrected chi connectivity index (χ2v) is 10.7. The highest BCUT2D eigenvalue weighted by Gasteiger charge is 2.52. The van der Waals surface area contributed by atoms with E-state index < -0.39 is 11.7 Å². The minimum atomic E-state index is -0.617. The Labute approximate surface area is 195 Å². The molecule has 5 rings (SSSR count). The molecule has 1 aliphatic carbocycles. The van der Waals surface area contributed by atoms with Crippen LogP contribution in [0.4, 0.5) is 15.6 Å². The molecule has 1 spiro atoms. The lowest BCUT2D eigenvalue weighted by Crippen LogP contribution is -2.59. The van der Waals surface area contributed by atoms with Gasteiger partial charge in [-0.15, -0.1) is 11.3 Å². The molecule has 0 saturated carbocycles. The number of carbonyl (C=O) groups excluding carboxylic acids is 1. The Bertz CT molecular complexity index is 1380. The van der Waals surface area contributed by atoms with Gasteiger partial charge in [0.25, 0.3) is 0 Å². The van der Waals surface area contributed by atoms with Gasteiger partial charge in [0.05, 0.1) is 16.5 Å². The summed E-state index contributed by atoms with van der Waals surface area (Å²) in [6, 6.07) is 4.54. The zero-order chi connectivity index (χ0) is 23.5. The van der Waals surface area contributed by atoms with Crippen LogP contribution < -0.4 is 10.2 Å². The van der Waals surface area contributed by atoms with Crippen molar-refractivity contribution in [2.24, 2.45) is 0 Å². The number of nitriles is 2. The van der Waals surface area contributed by atoms with Crippen LogP contribution in [0.5, 0.6) is 0 Å². The van der Waals surface area contributed by atoms with Gasteiger partial charge in [0.15, 0.2) is 0 Å². The van der Waals surface area contributed by atoms with E-state index in [0.717, 1.165) is 34.5 Å². The van der Waals surface area contributed by atoms with Crippen LogP contribution in [0.1, 0.15) is 54.6 Å². The fourth-order valence-electron chi connectivity index (χ4n) is 4.87. The van der Waals surface area contributed by atoms with Gasteiger partial charge in [0.2, 0.25) is 0 Å². The summed E-state index contributed by atoms with van der Waals surface area (Å²) in [6.45, 7) is 8.63. The van der Waals surface area contributed by atoms with E-state index in [2.05, 4.69) is 37.3 Å². The quantitative estimate of drug-likeness (QED) is 0.587. The molecule has 4 heterocycles. The van der Waals surface area contributed by atoms with Crippen LogP contribution in [0.15, 0.2) is 6.20 Å². The van der Waals surface area contributed by atoms with Crippen molar-refractivity contribution in [1.29, 1.82) is 10.5 Å². The number of hydrogen-bond acceptors (Lipinski definition) is 8. The first-order chi connectivity index (χ1) is 15.6. The van der Waals surface area contributed by atoms with Crippen molar-refractivity contribution in [3.63, 3.8) is 0 Å². The standard InChI is InChI=1S/C23H23N7O2S/c1-12-27-18-16(13(7-24)9-26-18)19(28-12)30-10-23(11-30)6-5-15-17(23)14(8-25)20(33-15)29-21(31)32-22(2,3)4/h9H,5-6,10-11H2,1-4H3,(H,29,31)(H,26,27,28). The lowest BCUT2D eigenvalue weighted by Gasteiger charge is -2.49. The molecule has 1 amide bonds. The van der Waals surface area contributed by atoms with E-state index in [0.29, 0.717) is 40.7 Å². The number of anilines is 2. The third kappa shape index (κ3) is 3.38. The van der Waals surface area contributed by atoms with Crippen molar-refractivity contribution in [2.45, 2.75) is 51.6 Å². The Morgan fingerprint density at radius 3 is 2.73 bits per heavy atom. The van der Waals surface area contributed by atoms with Crippen molar-refractivity contribution >= 4 is 39.3 Å². The number of H-pyrrole nitrogens is 1. The molecule has 2 N–H and O–H groups in total. The largest absolute Gasteiger partial charge is 0.444 e. The molecule has 0 atom stereocenters. The van der Waals surface area contributed by atoms with Crippen molar-refractivity contribution in [1.82, 2.24) is 15.0 Å². The summed E-state index contributed by atoms with van der Waals surface area (Å²) in [5.74, 6) is 1.38. The molecule has 0 radical (unpaired) electrons. The molecule has 9 nitrogen and oxygen atoms in total. The lowest BCUT2D eigenvalue weighted by molar-refractivity contribution is 0.0636. The van der Waals surface area contributed by atoms with Gasteiger partial charge in [-0.05, 0) is 46.1 Å². The zero-order valence-corrected chi connectivity index (χ0v) is 19.7. The molecule has 0 bridgehead atoms. The van der Waals surface area contributed by atoms with E-state index in [9.17, 15) is 15.3 Å². The Balaban J connectivity index is 1.45. The Morgan fingerprint density at radius 2 is 2.06 bits per heavy atom. The number of aromatic nitrogens is 3. The molecule has 0 aromatic carbocycles. The minimum Gasteiger partial charge on any atom is -0.444 e. The maximum absolute atomic E-state index is 12.3. The molecule has 0 unspecified atom stereocenters. The summed E-state index contributed by atoms with van der Waals surface area (Å²) in [5.41, 5.74) is 1.95. The average molecular weight is 462 g/mol. The molecule has 10 heteroatoms. The molecular weight excluding hydrogens is 438 g/mol. The number of ether oxygens (including phenoxy) is 1. The van der Waals surface area contributed by atoms with Crippen LogP contribution in [-0.2, 0) is 16.6 Å². The molecule has 168 valence electrons. The number of rotatable bonds is 2. The SMILES string of the molecule is Cc1nc(N2CC3(CCc4sc(NC(=O)OC(C)(C)C)c(C#N)c43)C2)c2c(C#N)c[nH]c2n1. The van der Waals surface area contributed by atoms with Crippen LogP contribution in [0, 0.1) is 29.6 Å². The minimum absolute atomic E-state index is 0.168. The van der Waals surface area contributed by atoms with Crippen LogP contribution in [-0.4, -0.2) is 39.7 Å². The smallest absolute Gasteiger partial charge is 0.412 e. The fourth-order valence-corrected chi connectivity index (χ4v) is 6.13. The van der Waals surface area contributed by atoms with Gasteiger partial charge in [-0.25, -0.2) is 14.8 Å². The van der Waals surface area contributed by atoms with Gasteiger partial charge in [-0.3, -0.25) is 5.32 Å². The Hall–Kier alpha value is -3.63. The van der Waals surface area contributed by atoms with E-state index in [4.69, 9.17) is 4.74 Å². The number of fused-ring (bicyclic) bond motifs is 3. The highest BCUT2D eigenvalue weighted by molar-refractivity contribution is 7.16. The monoisotopic (exact) mass is 461 g/mol. The van der Waals surface area contributed by atoms with E-state index in [1.807, 2.05) is 6.92 Å². The van der Waals surface area contributed by atoms with Crippen LogP contribution in [0.2, 0.25) is 0 Å². The summed E-state index contributed by atoms with van der Waals surface area (Å²) in [5, 5.41) is 23.5. The second kappa shape index (κ2) is 7.19. The topological polar surface area (TPSA) is 131 Å². The third-order valence-corrected chi connectivity index (χ3v) is 7.26. The fraction of sp³-hybridized carbons (Fsp3) is 0.435. The van der Waals surface area contributed by atoms with Gasteiger partial charge in [-0.1, -0.05) is 0 Å². The van der Waals surface area contributed by atoms with Gasteiger partial charge in [0, 0.05) is 29.6 Å². The van der Waals surface area contributed by atoms with Gasteiger partial charge in [0.1, 0.15) is 40.0 Å². The highest BCUT2D eigenvalue weighted by atomic mass is 32.1. The summed E-state index contributed by atoms with van der Waals surface area (Å²) in [7, 11) is 0. The second-order valence-electron chi connectivity index (χ2n) is 9.61. The number of hydrogen-bond donors (Lipinski definition) is 2. The van der Waals surface area contributed by atoms with Crippen molar-refractivity contribution in [2.75, 3.05) is 23.3 Å². The summed E-state index contributed by atoms with van der Waals surface area (Å²) in [6.07, 6.45) is 2.91. The predicted octanol–water partition coefficient (Wildman–Crippen LogP) is 4.12. The molecule has 3 aromatic rings. The number of carbonyl (C=O) groups is 1. The van der Waals surface area contributed by atoms with E-state index in [1.54, 1.807) is 27.0 Å². The van der Waals surface area contributed by atoms with Crippen LogP contribution in [0.25, 0.3) is 11.0 Å². The number of aryl methyl sites for hydroxylation is 2. The number of nitrogens with zero attached hydrogens (tertiary/aromatic N) is 5. The predicted molar refractivity (Wildman–Crippen MR) is 124 cm³/mol. The van der Waals surface area contributed by atoms with E-state index in [-0.39, 0.29) is 5.41 Å². The summed E-state index contributed by atoms with van der Waals surface area (Å²) in [4.78, 5) is 27.7. The normalized spacial score (nSPS) is 16.2. The van der Waals surface area contributed by atoms with Crippen molar-refractivity contribution < 1.29 is 9.53 Å². The Kier molecular flexibility index (Phi) is 4.62. The number of nitrogens with one attached hydrogen (secondary N) is 2. The number of aromatic amines is 1. The average Bonchev–Trinajstić information content (AvgIpc) is 3.36. The zero-order valence-electron chi connectivity index (χ0n) is 18.9. The molecule has 2 aliphatic rings. The lowest BCUT2D eigenvalue weighted by atomic mass is 9.74. The highest BCUT2D eigenvalue weighted by Crippen LogP contribution is 2.53. The van der Waals surface area contributed by atoms with Crippen LogP contribution >= 0.6 is 11.3 Å². The first-order valence-electron chi connectivity index (χ1n) is 10.7. The molecule has 1 fully saturated rings. The molecular formula is C23H23N7O2S. The third-order valence-electron chi connectivity index (χ3n) is 6.10. The maximum Gasteiger partial charge on any atom is 0.412 e. The van der Waals surface area contributed by atoms with Gasteiger partial charge < -0.3 is 14.6 Å². The van der Waals surface area contributed by atoms with Crippen molar-refractivity contribution in [3.8, 4) is 12.1 Å². The molecule has 1 aliphatic heterocycles. The van der Waals surface area contributed by atoms with Crippen LogP contribution in [0.3, 0.4) is 0 Å². The van der Waals surface area contributed by atoms with E-state index in [1.165, 1.54) is 11.3 Å². The number of amides is 1.